The molecule has 0 unspecified atom stereocenters. The van der Waals surface area contributed by atoms with Crippen molar-refractivity contribution in [3.63, 3.8) is 0 Å². The quantitative estimate of drug-likeness (QED) is 0.161. The van der Waals surface area contributed by atoms with Gasteiger partial charge >= 0.3 is 0 Å². The van der Waals surface area contributed by atoms with Crippen LogP contribution in [0.3, 0.4) is 0 Å². The number of hydrogen-bond acceptors (Lipinski definition) is 4. The van der Waals surface area contributed by atoms with Crippen molar-refractivity contribution in [3.8, 4) is 33.6 Å². The number of aromatic nitrogens is 3. The molecule has 4 aromatic heterocycles. The molecule has 0 saturated heterocycles. The minimum Gasteiger partial charge on any atom is -0.500 e. The Bertz CT molecular complexity index is 2660. The Labute approximate surface area is 346 Å². The molecule has 0 saturated carbocycles. The number of fused-ring (bicyclic) bond motifs is 5. The van der Waals surface area contributed by atoms with Gasteiger partial charge in [-0.1, -0.05) is 113 Å². The maximum atomic E-state index is 6.41. The van der Waals surface area contributed by atoms with Gasteiger partial charge in [-0.15, -0.1) is 47.5 Å². The van der Waals surface area contributed by atoms with Crippen molar-refractivity contribution in [1.82, 2.24) is 15.0 Å². The summed E-state index contributed by atoms with van der Waals surface area (Å²) in [5.74, 6) is 0. The first-order valence-corrected chi connectivity index (χ1v) is 19.3. The summed E-state index contributed by atoms with van der Waals surface area (Å²) in [5, 5.41) is 3.20. The molecule has 0 N–H and O–H groups in total. The Morgan fingerprint density at radius 2 is 1.30 bits per heavy atom. The molecule has 8 rings (SSSR count). The van der Waals surface area contributed by atoms with Crippen molar-refractivity contribution in [1.29, 1.82) is 0 Å². The minimum absolute atomic E-state index is 0. The number of pyridine rings is 3. The van der Waals surface area contributed by atoms with Gasteiger partial charge in [-0.05, 0) is 102 Å². The van der Waals surface area contributed by atoms with E-state index in [0.29, 0.717) is 5.41 Å². The molecular formula is C51H51IrN3O-2. The van der Waals surface area contributed by atoms with Crippen LogP contribution in [0.4, 0.5) is 0 Å². The Hall–Kier alpha value is -4.96. The van der Waals surface area contributed by atoms with Crippen LogP contribution in [0.1, 0.15) is 74.9 Å². The SMILES string of the molecule is Cc1cnc(-c2[c-]cc(C)c(-c3ccc(CC(C)(C)C)cc3)c2)cc1C.Cc1cnc(-c2[c-]ccc3c2oc2c4cccnc4ccc32)cc1CC(C)(C)C.[Ir]. The van der Waals surface area contributed by atoms with Crippen LogP contribution in [0.5, 0.6) is 0 Å². The maximum Gasteiger partial charge on any atom is 0.130 e. The molecule has 0 amide bonds. The molecule has 8 aromatic rings. The van der Waals surface area contributed by atoms with Crippen LogP contribution in [0.25, 0.3) is 66.5 Å². The average molecular weight is 914 g/mol. The Morgan fingerprint density at radius 3 is 2.02 bits per heavy atom. The van der Waals surface area contributed by atoms with Gasteiger partial charge in [0.1, 0.15) is 5.58 Å². The van der Waals surface area contributed by atoms with E-state index >= 15 is 0 Å². The average Bonchev–Trinajstić information content (AvgIpc) is 3.53. The molecule has 4 heterocycles. The van der Waals surface area contributed by atoms with E-state index in [4.69, 9.17) is 9.40 Å². The van der Waals surface area contributed by atoms with Gasteiger partial charge < -0.3 is 14.4 Å². The maximum absolute atomic E-state index is 6.41. The standard InChI is InChI=1S/C26H23N2O.C25H28N.Ir/c1-16-15-28-23(13-17(16)14-26(2,3)4)21-8-5-7-18-19-10-11-22-20(9-6-12-27-22)25(19)29-24(18)21;1-17-7-10-22(24-13-18(2)19(3)16-26-24)14-23(17)21-11-8-20(9-12-21)15-25(4,5)6;/h5-7,9-13,15H,14H2,1-4H3;7-9,11-14,16H,15H2,1-6H3;/q2*-1;. The zero-order valence-electron chi connectivity index (χ0n) is 34.3. The van der Waals surface area contributed by atoms with Gasteiger partial charge in [0.15, 0.2) is 0 Å². The number of nitrogens with zero attached hydrogens (tertiary/aromatic N) is 3. The van der Waals surface area contributed by atoms with Crippen molar-refractivity contribution in [2.75, 3.05) is 0 Å². The first-order chi connectivity index (χ1) is 26.1. The number of rotatable bonds is 5. The molecule has 0 bridgehead atoms. The molecule has 0 atom stereocenters. The normalized spacial score (nSPS) is 11.8. The molecule has 56 heavy (non-hydrogen) atoms. The van der Waals surface area contributed by atoms with E-state index in [1.54, 1.807) is 0 Å². The molecule has 287 valence electrons. The molecule has 0 aliphatic heterocycles. The first kappa shape index (κ1) is 40.7. The van der Waals surface area contributed by atoms with Crippen LogP contribution >= 0.6 is 0 Å². The number of furan rings is 1. The summed E-state index contributed by atoms with van der Waals surface area (Å²) in [6.07, 6.45) is 7.81. The van der Waals surface area contributed by atoms with E-state index in [0.717, 1.165) is 68.2 Å². The number of aryl methyl sites for hydroxylation is 4. The second-order valence-corrected chi connectivity index (χ2v) is 17.5. The Balaban J connectivity index is 0.000000188. The molecule has 0 spiro atoms. The zero-order chi connectivity index (χ0) is 39.1. The fourth-order valence-corrected chi connectivity index (χ4v) is 7.21. The third kappa shape index (κ3) is 9.02. The fourth-order valence-electron chi connectivity index (χ4n) is 7.21. The monoisotopic (exact) mass is 914 g/mol. The molecule has 4 aromatic carbocycles. The molecule has 5 heteroatoms. The molecular weight excluding hydrogens is 863 g/mol. The molecule has 0 fully saturated rings. The number of benzene rings is 4. The van der Waals surface area contributed by atoms with E-state index < -0.39 is 0 Å². The summed E-state index contributed by atoms with van der Waals surface area (Å²) in [6, 6.07) is 36.5. The predicted molar refractivity (Wildman–Crippen MR) is 230 cm³/mol. The van der Waals surface area contributed by atoms with Gasteiger partial charge in [-0.25, -0.2) is 0 Å². The van der Waals surface area contributed by atoms with Crippen LogP contribution in [0.2, 0.25) is 0 Å². The van der Waals surface area contributed by atoms with E-state index in [2.05, 4.69) is 164 Å². The third-order valence-corrected chi connectivity index (χ3v) is 10.2. The summed E-state index contributed by atoms with van der Waals surface area (Å²) in [6.45, 7) is 22.1. The minimum atomic E-state index is 0. The van der Waals surface area contributed by atoms with Crippen LogP contribution in [-0.4, -0.2) is 15.0 Å². The Morgan fingerprint density at radius 1 is 0.607 bits per heavy atom. The summed E-state index contributed by atoms with van der Waals surface area (Å²) < 4.78 is 6.41. The van der Waals surface area contributed by atoms with Crippen LogP contribution in [0, 0.1) is 50.7 Å². The number of hydrogen-bond donors (Lipinski definition) is 0. The third-order valence-electron chi connectivity index (χ3n) is 10.2. The summed E-state index contributed by atoms with van der Waals surface area (Å²) in [4.78, 5) is 13.8. The van der Waals surface area contributed by atoms with E-state index in [9.17, 15) is 0 Å². The van der Waals surface area contributed by atoms with Gasteiger partial charge in [-0.3, -0.25) is 4.98 Å². The van der Waals surface area contributed by atoms with Gasteiger partial charge in [0.2, 0.25) is 0 Å². The van der Waals surface area contributed by atoms with Crippen LogP contribution in [-0.2, 0) is 32.9 Å². The molecule has 4 nitrogen and oxygen atoms in total. The predicted octanol–water partition coefficient (Wildman–Crippen LogP) is 13.6. The van der Waals surface area contributed by atoms with Gasteiger partial charge in [-0.2, -0.15) is 0 Å². The van der Waals surface area contributed by atoms with Gasteiger partial charge in [0.05, 0.1) is 11.1 Å². The summed E-state index contributed by atoms with van der Waals surface area (Å²) in [5.41, 5.74) is 17.1. The smallest absolute Gasteiger partial charge is 0.130 e. The Kier molecular flexibility index (Phi) is 11.8. The van der Waals surface area contributed by atoms with Crippen LogP contribution in [0.15, 0.2) is 108 Å². The van der Waals surface area contributed by atoms with Crippen molar-refractivity contribution in [3.05, 3.63) is 149 Å². The largest absolute Gasteiger partial charge is 0.500 e. The second-order valence-electron chi connectivity index (χ2n) is 17.5. The zero-order valence-corrected chi connectivity index (χ0v) is 36.7. The summed E-state index contributed by atoms with van der Waals surface area (Å²) in [7, 11) is 0. The first-order valence-electron chi connectivity index (χ1n) is 19.3. The van der Waals surface area contributed by atoms with E-state index in [1.807, 2.05) is 30.7 Å². The van der Waals surface area contributed by atoms with Crippen LogP contribution < -0.4 is 0 Å². The van der Waals surface area contributed by atoms with Crippen molar-refractivity contribution in [2.24, 2.45) is 10.8 Å². The second kappa shape index (κ2) is 16.3. The summed E-state index contributed by atoms with van der Waals surface area (Å²) >= 11 is 0. The molecule has 0 aliphatic rings. The molecule has 0 aliphatic carbocycles. The van der Waals surface area contributed by atoms with Crippen molar-refractivity contribution >= 4 is 32.8 Å². The van der Waals surface area contributed by atoms with Gasteiger partial charge in [0.25, 0.3) is 0 Å². The molecule has 1 radical (unpaired) electrons. The van der Waals surface area contributed by atoms with E-state index in [1.165, 1.54) is 44.5 Å². The van der Waals surface area contributed by atoms with E-state index in [-0.39, 0.29) is 25.5 Å². The van der Waals surface area contributed by atoms with Gasteiger partial charge in [0, 0.05) is 49.5 Å². The van der Waals surface area contributed by atoms with Crippen molar-refractivity contribution < 1.29 is 24.5 Å². The topological polar surface area (TPSA) is 51.8 Å². The van der Waals surface area contributed by atoms with Crippen molar-refractivity contribution in [2.45, 2.75) is 82.1 Å². The fraction of sp³-hybridized carbons (Fsp3) is 0.275.